The average Bonchev–Trinajstić information content (AvgIpc) is 2.65. The predicted molar refractivity (Wildman–Crippen MR) is 94.0 cm³/mol. The van der Waals surface area contributed by atoms with Crippen LogP contribution in [-0.4, -0.2) is 6.36 Å². The molecule has 0 saturated carbocycles. The highest BCUT2D eigenvalue weighted by molar-refractivity contribution is 5.82. The van der Waals surface area contributed by atoms with Crippen LogP contribution in [0.15, 0.2) is 66.7 Å². The minimum atomic E-state index is -5.14. The van der Waals surface area contributed by atoms with Gasteiger partial charge in [-0.2, -0.15) is 26.3 Å². The van der Waals surface area contributed by atoms with Gasteiger partial charge in [-0.05, 0) is 34.9 Å². The van der Waals surface area contributed by atoms with Crippen molar-refractivity contribution < 1.29 is 44.3 Å². The maximum Gasteiger partial charge on any atom is 0.573 e. The van der Waals surface area contributed by atoms with Gasteiger partial charge in [-0.25, -0.2) is 0 Å². The second-order valence-corrected chi connectivity index (χ2v) is 6.34. The molecule has 3 aromatic carbocycles. The molecule has 0 bridgehead atoms. The van der Waals surface area contributed by atoms with Crippen molar-refractivity contribution in [2.45, 2.75) is 18.7 Å². The van der Waals surface area contributed by atoms with Crippen molar-refractivity contribution in [2.24, 2.45) is 0 Å². The SMILES string of the molecule is FC(F)(F)Oc1ccccc1-c1cccc(-c2ccc(C(F)(F)F)cc2)c1C(F)(F)F. The normalized spacial score (nSPS) is 12.7. The summed E-state index contributed by atoms with van der Waals surface area (Å²) in [5.41, 5.74) is -4.10. The predicted octanol–water partition coefficient (Wildman–Crippen LogP) is 7.96. The van der Waals surface area contributed by atoms with Crippen LogP contribution < -0.4 is 4.74 Å². The molecule has 0 aliphatic rings. The minimum Gasteiger partial charge on any atom is -0.405 e. The number of hydrogen-bond donors (Lipinski definition) is 0. The van der Waals surface area contributed by atoms with Crippen molar-refractivity contribution in [1.82, 2.24) is 0 Å². The third-order valence-electron chi connectivity index (χ3n) is 4.27. The molecule has 0 saturated heterocycles. The Balaban J connectivity index is 2.22. The Morgan fingerprint density at radius 1 is 0.516 bits per heavy atom. The van der Waals surface area contributed by atoms with E-state index in [2.05, 4.69) is 4.74 Å². The highest BCUT2D eigenvalue weighted by Crippen LogP contribution is 2.46. The molecule has 0 fully saturated rings. The first kappa shape index (κ1) is 22.5. The standard InChI is InChI=1S/C21H11F9O/c22-19(23,24)13-10-8-12(9-11-13)14-5-3-6-16(18(14)20(25,26)27)15-4-1-2-7-17(15)31-21(28,29)30/h1-11H. The zero-order valence-corrected chi connectivity index (χ0v) is 15.2. The van der Waals surface area contributed by atoms with Crippen molar-refractivity contribution in [1.29, 1.82) is 0 Å². The van der Waals surface area contributed by atoms with Crippen LogP contribution in [0.1, 0.15) is 11.1 Å². The van der Waals surface area contributed by atoms with Crippen LogP contribution in [0.4, 0.5) is 39.5 Å². The molecule has 3 aromatic rings. The first-order valence-electron chi connectivity index (χ1n) is 8.50. The van der Waals surface area contributed by atoms with E-state index in [1.54, 1.807) is 0 Å². The number of halogens is 9. The largest absolute Gasteiger partial charge is 0.573 e. The Kier molecular flexibility index (Phi) is 5.68. The maximum atomic E-state index is 14.0. The first-order chi connectivity index (χ1) is 14.3. The van der Waals surface area contributed by atoms with Crippen LogP contribution in [-0.2, 0) is 12.4 Å². The summed E-state index contributed by atoms with van der Waals surface area (Å²) < 4.78 is 122. The topological polar surface area (TPSA) is 9.23 Å². The average molecular weight is 450 g/mol. The fourth-order valence-electron chi connectivity index (χ4n) is 3.06. The summed E-state index contributed by atoms with van der Waals surface area (Å²) >= 11 is 0. The van der Waals surface area contributed by atoms with Gasteiger partial charge < -0.3 is 4.74 Å². The Morgan fingerprint density at radius 2 is 1.06 bits per heavy atom. The second-order valence-electron chi connectivity index (χ2n) is 6.34. The van der Waals surface area contributed by atoms with E-state index in [0.717, 1.165) is 42.5 Å². The molecule has 0 aliphatic carbocycles. The minimum absolute atomic E-state index is 0.184. The van der Waals surface area contributed by atoms with Crippen molar-refractivity contribution in [2.75, 3.05) is 0 Å². The van der Waals surface area contributed by atoms with E-state index in [1.165, 1.54) is 12.1 Å². The van der Waals surface area contributed by atoms with E-state index in [4.69, 9.17) is 0 Å². The molecule has 0 heterocycles. The van der Waals surface area contributed by atoms with Gasteiger partial charge in [-0.1, -0.05) is 48.5 Å². The molecular formula is C21H11F9O. The van der Waals surface area contributed by atoms with E-state index < -0.39 is 52.3 Å². The number of benzene rings is 3. The van der Waals surface area contributed by atoms with E-state index in [-0.39, 0.29) is 5.56 Å². The summed E-state index contributed by atoms with van der Waals surface area (Å²) in [5, 5.41) is 0. The van der Waals surface area contributed by atoms with Gasteiger partial charge in [0, 0.05) is 5.56 Å². The lowest BCUT2D eigenvalue weighted by atomic mass is 9.90. The molecule has 0 spiro atoms. The van der Waals surface area contributed by atoms with Gasteiger partial charge in [0.25, 0.3) is 0 Å². The van der Waals surface area contributed by atoms with Crippen LogP contribution in [0, 0.1) is 0 Å². The van der Waals surface area contributed by atoms with Gasteiger partial charge in [-0.15, -0.1) is 13.2 Å². The van der Waals surface area contributed by atoms with Crippen molar-refractivity contribution >= 4 is 0 Å². The molecule has 10 heteroatoms. The zero-order valence-electron chi connectivity index (χ0n) is 15.2. The molecule has 0 amide bonds. The number of hydrogen-bond acceptors (Lipinski definition) is 1. The number of para-hydroxylation sites is 1. The summed E-state index contributed by atoms with van der Waals surface area (Å²) in [4.78, 5) is 0. The quantitative estimate of drug-likeness (QED) is 0.368. The lowest BCUT2D eigenvalue weighted by molar-refractivity contribution is -0.274. The van der Waals surface area contributed by atoms with Crippen molar-refractivity contribution in [3.8, 4) is 28.0 Å². The summed E-state index contributed by atoms with van der Waals surface area (Å²) in [6, 6.07) is 10.5. The van der Waals surface area contributed by atoms with Crippen molar-refractivity contribution in [3.63, 3.8) is 0 Å². The first-order valence-corrected chi connectivity index (χ1v) is 8.50. The Labute approximate surface area is 169 Å². The van der Waals surface area contributed by atoms with E-state index in [1.807, 2.05) is 0 Å². The fourth-order valence-corrected chi connectivity index (χ4v) is 3.06. The Bertz CT molecular complexity index is 1060. The monoisotopic (exact) mass is 450 g/mol. The molecule has 0 aromatic heterocycles. The number of rotatable bonds is 3. The van der Waals surface area contributed by atoms with Crippen LogP contribution >= 0.6 is 0 Å². The molecule has 3 rings (SSSR count). The highest BCUT2D eigenvalue weighted by atomic mass is 19.4. The molecule has 1 nitrogen and oxygen atoms in total. The molecule has 0 N–H and O–H groups in total. The van der Waals surface area contributed by atoms with E-state index >= 15 is 0 Å². The van der Waals surface area contributed by atoms with Crippen LogP contribution in [0.25, 0.3) is 22.3 Å². The van der Waals surface area contributed by atoms with E-state index in [9.17, 15) is 39.5 Å². The van der Waals surface area contributed by atoms with Gasteiger partial charge in [0.1, 0.15) is 5.75 Å². The number of ether oxygens (including phenoxy) is 1. The second kappa shape index (κ2) is 7.82. The number of alkyl halides is 9. The Hall–Kier alpha value is -3.17. The highest BCUT2D eigenvalue weighted by Gasteiger charge is 2.39. The third kappa shape index (κ3) is 5.12. The third-order valence-corrected chi connectivity index (χ3v) is 4.27. The molecule has 0 atom stereocenters. The molecule has 0 unspecified atom stereocenters. The zero-order chi connectivity index (χ0) is 23.0. The van der Waals surface area contributed by atoms with Gasteiger partial charge in [0.15, 0.2) is 0 Å². The summed E-state index contributed by atoms with van der Waals surface area (Å²) in [7, 11) is 0. The van der Waals surface area contributed by atoms with E-state index in [0.29, 0.717) is 12.1 Å². The molecule has 0 radical (unpaired) electrons. The van der Waals surface area contributed by atoms with Crippen LogP contribution in [0.5, 0.6) is 5.75 Å². The van der Waals surface area contributed by atoms with Gasteiger partial charge in [0.2, 0.25) is 0 Å². The molecule has 31 heavy (non-hydrogen) atoms. The fraction of sp³-hybridized carbons (Fsp3) is 0.143. The smallest absolute Gasteiger partial charge is 0.405 e. The van der Waals surface area contributed by atoms with Crippen molar-refractivity contribution in [3.05, 3.63) is 77.9 Å². The molecular weight excluding hydrogens is 439 g/mol. The van der Waals surface area contributed by atoms with Crippen LogP contribution in [0.2, 0.25) is 0 Å². The Morgan fingerprint density at radius 3 is 1.61 bits per heavy atom. The maximum absolute atomic E-state index is 14.0. The van der Waals surface area contributed by atoms with Gasteiger partial charge in [-0.3, -0.25) is 0 Å². The summed E-state index contributed by atoms with van der Waals surface area (Å²) in [5.74, 6) is -0.843. The molecule has 0 aliphatic heterocycles. The van der Waals surface area contributed by atoms with Gasteiger partial charge in [0.05, 0.1) is 11.1 Å². The molecule has 164 valence electrons. The van der Waals surface area contributed by atoms with Crippen LogP contribution in [0.3, 0.4) is 0 Å². The summed E-state index contributed by atoms with van der Waals surface area (Å²) in [6.07, 6.45) is -14.8. The summed E-state index contributed by atoms with van der Waals surface area (Å²) in [6.45, 7) is 0. The lowest BCUT2D eigenvalue weighted by Crippen LogP contribution is -2.18. The lowest BCUT2D eigenvalue weighted by Gasteiger charge is -2.20. The van der Waals surface area contributed by atoms with Gasteiger partial charge >= 0.3 is 18.7 Å².